The van der Waals surface area contributed by atoms with Crippen molar-refractivity contribution in [3.63, 3.8) is 0 Å². The molecule has 1 aliphatic heterocycles. The molecule has 9 heavy (non-hydrogen) atoms. The van der Waals surface area contributed by atoms with Gasteiger partial charge in [0.2, 0.25) is 5.91 Å². The highest BCUT2D eigenvalue weighted by molar-refractivity contribution is 5.83. The molecular formula is C6H10N2O. The van der Waals surface area contributed by atoms with Crippen molar-refractivity contribution in [3.05, 3.63) is 0 Å². The Bertz CT molecular complexity index is 133. The first kappa shape index (κ1) is 6.26. The van der Waals surface area contributed by atoms with Gasteiger partial charge in [-0.25, -0.2) is 0 Å². The zero-order valence-electron chi connectivity index (χ0n) is 5.26. The summed E-state index contributed by atoms with van der Waals surface area (Å²) in [5.74, 6) is 0.0243. The van der Waals surface area contributed by atoms with Gasteiger partial charge in [-0.3, -0.25) is 9.79 Å². The summed E-state index contributed by atoms with van der Waals surface area (Å²) in [5, 5.41) is 2.71. The molecule has 1 amide bonds. The lowest BCUT2D eigenvalue weighted by Crippen LogP contribution is -2.38. The number of rotatable bonds is 1. The van der Waals surface area contributed by atoms with Gasteiger partial charge in [0, 0.05) is 6.54 Å². The van der Waals surface area contributed by atoms with Crippen LogP contribution in [0.15, 0.2) is 4.99 Å². The van der Waals surface area contributed by atoms with Gasteiger partial charge in [0.25, 0.3) is 0 Å². The number of carbonyl (C=O) groups excluding carboxylic acids is 1. The second-order valence-electron chi connectivity index (χ2n) is 2.13. The van der Waals surface area contributed by atoms with Gasteiger partial charge in [0.15, 0.2) is 0 Å². The first-order valence-corrected chi connectivity index (χ1v) is 3.08. The Kier molecular flexibility index (Phi) is 1.82. The zero-order valence-corrected chi connectivity index (χ0v) is 5.26. The van der Waals surface area contributed by atoms with Gasteiger partial charge in [0.1, 0.15) is 6.04 Å². The summed E-state index contributed by atoms with van der Waals surface area (Å²) in [7, 11) is 0. The number of aliphatic imine (C=N–C) groups is 1. The maximum Gasteiger partial charge on any atom is 0.244 e. The Hall–Kier alpha value is -0.860. The standard InChI is InChI=1S/C6H10N2O/c1-7-5-3-2-4-8-6(5)9/h5H,1-4H2,(H,8,9). The van der Waals surface area contributed by atoms with E-state index >= 15 is 0 Å². The van der Waals surface area contributed by atoms with Crippen LogP contribution in [-0.4, -0.2) is 25.2 Å². The minimum absolute atomic E-state index is 0.0243. The van der Waals surface area contributed by atoms with Crippen LogP contribution in [0.25, 0.3) is 0 Å². The molecule has 0 aromatic carbocycles. The highest BCUT2D eigenvalue weighted by Gasteiger charge is 2.18. The molecule has 1 rings (SSSR count). The van der Waals surface area contributed by atoms with Crippen molar-refractivity contribution in [1.82, 2.24) is 5.32 Å². The molecule has 3 nitrogen and oxygen atoms in total. The van der Waals surface area contributed by atoms with E-state index in [4.69, 9.17) is 0 Å². The van der Waals surface area contributed by atoms with E-state index in [2.05, 4.69) is 17.0 Å². The molecule has 0 spiro atoms. The quantitative estimate of drug-likeness (QED) is 0.492. The molecule has 3 heteroatoms. The zero-order chi connectivity index (χ0) is 6.69. The Morgan fingerprint density at radius 1 is 1.78 bits per heavy atom. The van der Waals surface area contributed by atoms with Crippen LogP contribution in [0.4, 0.5) is 0 Å². The summed E-state index contributed by atoms with van der Waals surface area (Å²) in [6, 6.07) is -0.182. The van der Waals surface area contributed by atoms with Gasteiger partial charge in [0.05, 0.1) is 0 Å². The minimum Gasteiger partial charge on any atom is -0.354 e. The summed E-state index contributed by atoms with van der Waals surface area (Å²) in [5.41, 5.74) is 0. The van der Waals surface area contributed by atoms with Crippen LogP contribution in [0.5, 0.6) is 0 Å². The molecule has 1 heterocycles. The van der Waals surface area contributed by atoms with E-state index in [1.807, 2.05) is 0 Å². The van der Waals surface area contributed by atoms with Crippen LogP contribution in [0.3, 0.4) is 0 Å². The highest BCUT2D eigenvalue weighted by Crippen LogP contribution is 2.05. The number of nitrogens with zero attached hydrogens (tertiary/aromatic N) is 1. The third kappa shape index (κ3) is 1.28. The number of hydrogen-bond donors (Lipinski definition) is 1. The molecule has 0 radical (unpaired) electrons. The largest absolute Gasteiger partial charge is 0.354 e. The van der Waals surface area contributed by atoms with Crippen molar-refractivity contribution in [1.29, 1.82) is 0 Å². The van der Waals surface area contributed by atoms with Crippen molar-refractivity contribution >= 4 is 12.6 Å². The molecule has 0 aromatic rings. The van der Waals surface area contributed by atoms with Crippen LogP contribution in [-0.2, 0) is 4.79 Å². The van der Waals surface area contributed by atoms with E-state index in [9.17, 15) is 4.79 Å². The third-order valence-corrected chi connectivity index (χ3v) is 1.48. The summed E-state index contributed by atoms with van der Waals surface area (Å²) in [6.45, 7) is 4.12. The van der Waals surface area contributed by atoms with Crippen molar-refractivity contribution in [2.75, 3.05) is 6.54 Å². The Labute approximate surface area is 54.2 Å². The Balaban J connectivity index is 2.48. The van der Waals surface area contributed by atoms with Crippen LogP contribution in [0.2, 0.25) is 0 Å². The number of piperidine rings is 1. The molecule has 1 fully saturated rings. The van der Waals surface area contributed by atoms with Crippen LogP contribution < -0.4 is 5.32 Å². The molecular weight excluding hydrogens is 116 g/mol. The highest BCUT2D eigenvalue weighted by atomic mass is 16.2. The van der Waals surface area contributed by atoms with Gasteiger partial charge < -0.3 is 5.32 Å². The summed E-state index contributed by atoms with van der Waals surface area (Å²) in [6.07, 6.45) is 1.88. The fraction of sp³-hybridized carbons (Fsp3) is 0.667. The Morgan fingerprint density at radius 3 is 3.00 bits per heavy atom. The SMILES string of the molecule is C=NC1CCCNC1=O. The van der Waals surface area contributed by atoms with Crippen LogP contribution >= 0.6 is 0 Å². The molecule has 1 unspecified atom stereocenters. The van der Waals surface area contributed by atoms with Crippen molar-refractivity contribution < 1.29 is 4.79 Å². The van der Waals surface area contributed by atoms with Gasteiger partial charge in [-0.1, -0.05) is 0 Å². The van der Waals surface area contributed by atoms with E-state index in [-0.39, 0.29) is 11.9 Å². The van der Waals surface area contributed by atoms with Gasteiger partial charge in [-0.05, 0) is 19.6 Å². The summed E-state index contributed by atoms with van der Waals surface area (Å²) in [4.78, 5) is 14.4. The molecule has 0 bridgehead atoms. The topological polar surface area (TPSA) is 41.5 Å². The monoisotopic (exact) mass is 126 g/mol. The first-order valence-electron chi connectivity index (χ1n) is 3.08. The van der Waals surface area contributed by atoms with E-state index in [0.717, 1.165) is 19.4 Å². The average Bonchev–Trinajstić information content (AvgIpc) is 1.89. The van der Waals surface area contributed by atoms with E-state index in [1.165, 1.54) is 0 Å². The predicted octanol–water partition coefficient (Wildman–Crippen LogP) is -0.0344. The first-order chi connectivity index (χ1) is 4.34. The fourth-order valence-electron chi connectivity index (χ4n) is 0.930. The smallest absolute Gasteiger partial charge is 0.244 e. The van der Waals surface area contributed by atoms with Gasteiger partial charge >= 0.3 is 0 Å². The lowest BCUT2D eigenvalue weighted by Gasteiger charge is -2.17. The van der Waals surface area contributed by atoms with Crippen molar-refractivity contribution in [2.45, 2.75) is 18.9 Å². The number of amides is 1. The maximum atomic E-state index is 10.8. The second kappa shape index (κ2) is 2.62. The van der Waals surface area contributed by atoms with E-state index < -0.39 is 0 Å². The molecule has 0 aromatic heterocycles. The second-order valence-corrected chi connectivity index (χ2v) is 2.13. The number of hydrogen-bond acceptors (Lipinski definition) is 2. The average molecular weight is 126 g/mol. The van der Waals surface area contributed by atoms with Crippen molar-refractivity contribution in [2.24, 2.45) is 4.99 Å². The lowest BCUT2D eigenvalue weighted by atomic mass is 10.1. The maximum absolute atomic E-state index is 10.8. The number of nitrogens with one attached hydrogen (secondary N) is 1. The lowest BCUT2D eigenvalue weighted by molar-refractivity contribution is -0.123. The Morgan fingerprint density at radius 2 is 2.56 bits per heavy atom. The van der Waals surface area contributed by atoms with Gasteiger partial charge in [-0.15, -0.1) is 0 Å². The minimum atomic E-state index is -0.182. The molecule has 1 atom stereocenters. The molecule has 1 aliphatic rings. The number of carbonyl (C=O) groups is 1. The summed E-state index contributed by atoms with van der Waals surface area (Å²) >= 11 is 0. The molecule has 0 aliphatic carbocycles. The van der Waals surface area contributed by atoms with Crippen LogP contribution in [0, 0.1) is 0 Å². The van der Waals surface area contributed by atoms with Crippen molar-refractivity contribution in [3.8, 4) is 0 Å². The van der Waals surface area contributed by atoms with Gasteiger partial charge in [-0.2, -0.15) is 0 Å². The molecule has 1 N–H and O–H groups in total. The predicted molar refractivity (Wildman–Crippen MR) is 35.6 cm³/mol. The van der Waals surface area contributed by atoms with Crippen LogP contribution in [0.1, 0.15) is 12.8 Å². The molecule has 1 saturated heterocycles. The summed E-state index contributed by atoms with van der Waals surface area (Å²) < 4.78 is 0. The van der Waals surface area contributed by atoms with E-state index in [1.54, 1.807) is 0 Å². The third-order valence-electron chi connectivity index (χ3n) is 1.48. The fourth-order valence-corrected chi connectivity index (χ4v) is 0.930. The normalized spacial score (nSPS) is 27.1. The van der Waals surface area contributed by atoms with E-state index in [0.29, 0.717) is 0 Å². The molecule has 50 valence electrons. The molecule has 0 saturated carbocycles.